The Balaban J connectivity index is 3.03. The summed E-state index contributed by atoms with van der Waals surface area (Å²) in [5, 5.41) is 12.8. The van der Waals surface area contributed by atoms with Crippen molar-refractivity contribution in [1.29, 1.82) is 0 Å². The number of hydroxylamine groups is 1. The van der Waals surface area contributed by atoms with Crippen molar-refractivity contribution >= 4 is 28.8 Å². The van der Waals surface area contributed by atoms with Crippen LogP contribution in [-0.2, 0) is 0 Å². The van der Waals surface area contributed by atoms with E-state index in [2.05, 4.69) is 10.1 Å². The van der Waals surface area contributed by atoms with E-state index in [0.29, 0.717) is 16.4 Å². The zero-order valence-corrected chi connectivity index (χ0v) is 8.86. The van der Waals surface area contributed by atoms with Crippen molar-refractivity contribution in [3.05, 3.63) is 29.3 Å². The number of hydrazone groups is 1. The van der Waals surface area contributed by atoms with Crippen molar-refractivity contribution < 1.29 is 5.21 Å². The second-order valence-electron chi connectivity index (χ2n) is 2.77. The number of nitrogens with zero attached hydrogens (tertiary/aromatic N) is 2. The monoisotopic (exact) mass is 226 g/mol. The molecule has 0 fully saturated rings. The molecule has 0 saturated carbocycles. The highest BCUT2D eigenvalue weighted by molar-refractivity contribution is 6.40. The Morgan fingerprint density at radius 1 is 1.53 bits per heavy atom. The van der Waals surface area contributed by atoms with Crippen molar-refractivity contribution in [1.82, 2.24) is 5.48 Å². The van der Waals surface area contributed by atoms with Crippen LogP contribution < -0.4 is 11.3 Å². The van der Waals surface area contributed by atoms with Crippen molar-refractivity contribution in [3.8, 4) is 0 Å². The average Bonchev–Trinajstić information content (AvgIpc) is 2.25. The first kappa shape index (κ1) is 11.5. The molecule has 1 rings (SSSR count). The normalized spacial score (nSPS) is 12.7. The predicted molar refractivity (Wildman–Crippen MR) is 60.8 cm³/mol. The molecular formula is C9H11ClN4O. The first-order chi connectivity index (χ1) is 7.17. The second-order valence-corrected chi connectivity index (χ2v) is 3.20. The van der Waals surface area contributed by atoms with Gasteiger partial charge in [-0.15, -0.1) is 0 Å². The maximum absolute atomic E-state index is 8.81. The highest BCUT2D eigenvalue weighted by Gasteiger charge is 2.02. The molecule has 0 heterocycles. The van der Waals surface area contributed by atoms with Crippen molar-refractivity contribution in [2.24, 2.45) is 15.9 Å². The second kappa shape index (κ2) is 5.33. The summed E-state index contributed by atoms with van der Waals surface area (Å²) in [7, 11) is 0. The molecule has 0 atom stereocenters. The van der Waals surface area contributed by atoms with E-state index in [1.54, 1.807) is 31.2 Å². The van der Waals surface area contributed by atoms with Gasteiger partial charge in [0.25, 0.3) is 0 Å². The van der Waals surface area contributed by atoms with Gasteiger partial charge in [0.05, 0.1) is 5.69 Å². The maximum Gasteiger partial charge on any atom is 0.173 e. The molecule has 0 aliphatic carbocycles. The summed E-state index contributed by atoms with van der Waals surface area (Å²) < 4.78 is 0. The largest absolute Gasteiger partial charge is 0.323 e. The molecule has 0 aliphatic heterocycles. The van der Waals surface area contributed by atoms with E-state index in [1.807, 2.05) is 5.48 Å². The Hall–Kier alpha value is -1.59. The molecule has 0 unspecified atom stereocenters. The predicted octanol–water partition coefficient (Wildman–Crippen LogP) is 1.68. The number of halogens is 1. The van der Waals surface area contributed by atoms with Crippen LogP contribution >= 0.6 is 11.6 Å². The molecular weight excluding hydrogens is 216 g/mol. The van der Waals surface area contributed by atoms with Gasteiger partial charge in [-0.2, -0.15) is 5.10 Å². The summed E-state index contributed by atoms with van der Waals surface area (Å²) in [5.74, 6) is 5.24. The van der Waals surface area contributed by atoms with Gasteiger partial charge < -0.3 is 5.84 Å². The van der Waals surface area contributed by atoms with Gasteiger partial charge in [0.2, 0.25) is 0 Å². The Kier molecular flexibility index (Phi) is 4.08. The van der Waals surface area contributed by atoms with Crippen LogP contribution in [0.2, 0.25) is 5.02 Å². The first-order valence-corrected chi connectivity index (χ1v) is 4.54. The summed E-state index contributed by atoms with van der Waals surface area (Å²) in [4.78, 5) is 4.07. The molecule has 0 aliphatic rings. The molecule has 0 spiro atoms. The van der Waals surface area contributed by atoms with Crippen molar-refractivity contribution in [2.75, 3.05) is 0 Å². The molecule has 0 radical (unpaired) electrons. The van der Waals surface area contributed by atoms with E-state index < -0.39 is 0 Å². The number of hydrogen-bond donors (Lipinski definition) is 3. The number of benzene rings is 1. The summed E-state index contributed by atoms with van der Waals surface area (Å²) in [6.07, 6.45) is 0. The van der Waals surface area contributed by atoms with E-state index >= 15 is 0 Å². The highest BCUT2D eigenvalue weighted by Crippen LogP contribution is 2.17. The molecule has 0 aromatic heterocycles. The summed E-state index contributed by atoms with van der Waals surface area (Å²) in [6.45, 7) is 1.62. The van der Waals surface area contributed by atoms with Gasteiger partial charge in [-0.3, -0.25) is 10.7 Å². The fourth-order valence-corrected chi connectivity index (χ4v) is 1.11. The topological polar surface area (TPSA) is 83.0 Å². The van der Waals surface area contributed by atoms with Crippen LogP contribution in [0.5, 0.6) is 0 Å². The molecule has 1 aromatic rings. The molecule has 1 aromatic carbocycles. The number of hydrogen-bond acceptors (Lipinski definition) is 4. The van der Waals surface area contributed by atoms with E-state index in [-0.39, 0.29) is 5.84 Å². The Morgan fingerprint density at radius 2 is 2.27 bits per heavy atom. The highest BCUT2D eigenvalue weighted by atomic mass is 35.5. The summed E-state index contributed by atoms with van der Waals surface area (Å²) in [5.41, 5.74) is 2.90. The number of nitrogens with two attached hydrogens (primary N) is 1. The van der Waals surface area contributed by atoms with Crippen LogP contribution in [0.1, 0.15) is 6.92 Å². The molecule has 0 amide bonds. The summed E-state index contributed by atoms with van der Waals surface area (Å²) >= 11 is 5.78. The third-order valence-electron chi connectivity index (χ3n) is 1.69. The third-order valence-corrected chi connectivity index (χ3v) is 1.93. The van der Waals surface area contributed by atoms with Crippen LogP contribution in [0.25, 0.3) is 0 Å². The molecule has 0 saturated heterocycles. The number of rotatable bonds is 2. The van der Waals surface area contributed by atoms with E-state index in [9.17, 15) is 0 Å². The van der Waals surface area contributed by atoms with Crippen LogP contribution in [0.15, 0.2) is 34.4 Å². The minimum absolute atomic E-state index is 0.180. The first-order valence-electron chi connectivity index (χ1n) is 4.16. The van der Waals surface area contributed by atoms with Crippen LogP contribution in [-0.4, -0.2) is 16.8 Å². The number of aliphatic imine (C=N–C) groups is 1. The number of amidine groups is 1. The fraction of sp³-hybridized carbons (Fsp3) is 0.111. The maximum atomic E-state index is 8.81. The molecule has 15 heavy (non-hydrogen) atoms. The van der Waals surface area contributed by atoms with Gasteiger partial charge in [0.1, 0.15) is 5.71 Å². The zero-order chi connectivity index (χ0) is 11.3. The molecule has 5 nitrogen and oxygen atoms in total. The molecule has 0 bridgehead atoms. The lowest BCUT2D eigenvalue weighted by molar-refractivity contribution is 0.236. The van der Waals surface area contributed by atoms with Crippen molar-refractivity contribution in [2.45, 2.75) is 6.92 Å². The van der Waals surface area contributed by atoms with Crippen LogP contribution in [0.4, 0.5) is 5.69 Å². The molecule has 4 N–H and O–H groups in total. The standard InChI is InChI=1S/C9H11ClN4O/c1-6(13-11)9(14-15)12-8-4-2-3-7(10)5-8/h2-5,15H,11H2,1H3,(H,12,14). The fourth-order valence-electron chi connectivity index (χ4n) is 0.923. The lowest BCUT2D eigenvalue weighted by atomic mass is 10.3. The zero-order valence-electron chi connectivity index (χ0n) is 8.11. The van der Waals surface area contributed by atoms with Crippen molar-refractivity contribution in [3.63, 3.8) is 0 Å². The van der Waals surface area contributed by atoms with Gasteiger partial charge in [-0.1, -0.05) is 17.7 Å². The Morgan fingerprint density at radius 3 is 2.80 bits per heavy atom. The third kappa shape index (κ3) is 3.23. The van der Waals surface area contributed by atoms with E-state index in [4.69, 9.17) is 22.7 Å². The molecule has 80 valence electrons. The lowest BCUT2D eigenvalue weighted by Gasteiger charge is -2.02. The van der Waals surface area contributed by atoms with Crippen LogP contribution in [0.3, 0.4) is 0 Å². The number of nitrogens with one attached hydrogen (secondary N) is 1. The Bertz CT molecular complexity index is 403. The van der Waals surface area contributed by atoms with Gasteiger partial charge in [-0.25, -0.2) is 4.99 Å². The lowest BCUT2D eigenvalue weighted by Crippen LogP contribution is -2.27. The van der Waals surface area contributed by atoms with Gasteiger partial charge >= 0.3 is 0 Å². The summed E-state index contributed by atoms with van der Waals surface area (Å²) in [6, 6.07) is 6.89. The van der Waals surface area contributed by atoms with Crippen LogP contribution in [0, 0.1) is 0 Å². The Labute approximate surface area is 92.2 Å². The van der Waals surface area contributed by atoms with E-state index in [0.717, 1.165) is 0 Å². The van der Waals surface area contributed by atoms with Gasteiger partial charge in [-0.05, 0) is 25.1 Å². The molecule has 6 heteroatoms. The van der Waals surface area contributed by atoms with E-state index in [1.165, 1.54) is 0 Å². The van der Waals surface area contributed by atoms with Gasteiger partial charge in [0, 0.05) is 5.02 Å². The van der Waals surface area contributed by atoms with Gasteiger partial charge in [0.15, 0.2) is 5.84 Å². The minimum atomic E-state index is 0.180. The smallest absolute Gasteiger partial charge is 0.173 e. The average molecular weight is 227 g/mol. The SMILES string of the molecule is CC(=NN)C(=Nc1cccc(Cl)c1)NO. The quantitative estimate of drug-likeness (QED) is 0.311. The minimum Gasteiger partial charge on any atom is -0.323 e.